The van der Waals surface area contributed by atoms with Gasteiger partial charge in [0, 0.05) is 16.3 Å². The second-order valence-electron chi connectivity index (χ2n) is 7.21. The molecule has 1 fully saturated rings. The van der Waals surface area contributed by atoms with Gasteiger partial charge in [0.2, 0.25) is 5.91 Å². The molecule has 0 atom stereocenters. The lowest BCUT2D eigenvalue weighted by Gasteiger charge is -2.21. The Labute approximate surface area is 174 Å². The quantitative estimate of drug-likeness (QED) is 0.635. The monoisotopic (exact) mass is 417 g/mol. The molecule has 1 saturated carbocycles. The van der Waals surface area contributed by atoms with E-state index in [0.29, 0.717) is 22.4 Å². The number of aromatic nitrogens is 1. The van der Waals surface area contributed by atoms with E-state index in [0.717, 1.165) is 22.0 Å². The van der Waals surface area contributed by atoms with E-state index in [4.69, 9.17) is 0 Å². The average Bonchev–Trinajstić information content (AvgIpc) is 3.02. The van der Waals surface area contributed by atoms with Crippen LogP contribution >= 0.6 is 23.1 Å². The van der Waals surface area contributed by atoms with Gasteiger partial charge in [-0.3, -0.25) is 14.9 Å². The molecule has 3 rings (SSSR count). The van der Waals surface area contributed by atoms with E-state index in [1.807, 2.05) is 32.0 Å². The van der Waals surface area contributed by atoms with Crippen molar-refractivity contribution in [1.82, 2.24) is 10.3 Å². The number of hydrogen-bond acceptors (Lipinski definition) is 5. The lowest BCUT2D eigenvalue weighted by atomic mass is 9.89. The Bertz CT molecular complexity index is 809. The van der Waals surface area contributed by atoms with E-state index < -0.39 is 0 Å². The number of benzene rings is 1. The Morgan fingerprint density at radius 3 is 2.64 bits per heavy atom. The maximum atomic E-state index is 12.7. The molecule has 2 amide bonds. The predicted molar refractivity (Wildman–Crippen MR) is 116 cm³/mol. The summed E-state index contributed by atoms with van der Waals surface area (Å²) in [5, 5.41) is 6.52. The van der Waals surface area contributed by atoms with Gasteiger partial charge in [0.25, 0.3) is 5.91 Å². The molecule has 5 nitrogen and oxygen atoms in total. The fourth-order valence-electron chi connectivity index (χ4n) is 3.31. The third-order valence-corrected chi connectivity index (χ3v) is 7.11. The highest BCUT2D eigenvalue weighted by Gasteiger charge is 2.17. The van der Waals surface area contributed by atoms with Gasteiger partial charge in [0.05, 0.1) is 17.0 Å². The summed E-state index contributed by atoms with van der Waals surface area (Å²) >= 11 is 2.87. The van der Waals surface area contributed by atoms with Gasteiger partial charge >= 0.3 is 0 Å². The molecule has 0 saturated heterocycles. The van der Waals surface area contributed by atoms with Crippen LogP contribution in [0.2, 0.25) is 0 Å². The predicted octanol–water partition coefficient (Wildman–Crippen LogP) is 4.80. The average molecular weight is 418 g/mol. The van der Waals surface area contributed by atoms with Crippen molar-refractivity contribution in [3.63, 3.8) is 0 Å². The highest BCUT2D eigenvalue weighted by molar-refractivity contribution is 8.00. The number of thiazole rings is 1. The highest BCUT2D eigenvalue weighted by Crippen LogP contribution is 2.26. The minimum Gasteiger partial charge on any atom is -0.355 e. The molecule has 1 aliphatic carbocycles. The molecule has 7 heteroatoms. The van der Waals surface area contributed by atoms with E-state index in [1.54, 1.807) is 6.07 Å². The van der Waals surface area contributed by atoms with Crippen LogP contribution in [0.25, 0.3) is 0 Å². The normalized spacial score (nSPS) is 14.6. The summed E-state index contributed by atoms with van der Waals surface area (Å²) in [6.45, 7) is 4.68. The zero-order chi connectivity index (χ0) is 19.9. The smallest absolute Gasteiger partial charge is 0.258 e. The minimum atomic E-state index is -0.195. The molecular formula is C21H27N3O2S2. The molecule has 2 aromatic rings. The van der Waals surface area contributed by atoms with E-state index in [2.05, 4.69) is 15.6 Å². The van der Waals surface area contributed by atoms with Crippen LogP contribution in [0.15, 0.2) is 29.2 Å². The van der Waals surface area contributed by atoms with Crippen LogP contribution < -0.4 is 10.6 Å². The third-order valence-electron chi connectivity index (χ3n) is 5.05. The lowest BCUT2D eigenvalue weighted by Crippen LogP contribution is -2.31. The van der Waals surface area contributed by atoms with Gasteiger partial charge in [0.15, 0.2) is 5.13 Å². The topological polar surface area (TPSA) is 71.1 Å². The van der Waals surface area contributed by atoms with Gasteiger partial charge < -0.3 is 5.32 Å². The summed E-state index contributed by atoms with van der Waals surface area (Å²) in [6.07, 6.45) is 6.30. The van der Waals surface area contributed by atoms with Gasteiger partial charge in [0.1, 0.15) is 0 Å². The van der Waals surface area contributed by atoms with Crippen molar-refractivity contribution < 1.29 is 9.59 Å². The van der Waals surface area contributed by atoms with Crippen molar-refractivity contribution >= 4 is 40.0 Å². The van der Waals surface area contributed by atoms with Crippen LogP contribution in [0.1, 0.15) is 53.0 Å². The molecule has 0 unspecified atom stereocenters. The van der Waals surface area contributed by atoms with Gasteiger partial charge in [-0.2, -0.15) is 0 Å². The first-order valence-corrected chi connectivity index (χ1v) is 11.6. The van der Waals surface area contributed by atoms with Gasteiger partial charge in [-0.15, -0.1) is 23.1 Å². The zero-order valence-electron chi connectivity index (χ0n) is 16.4. The maximum absolute atomic E-state index is 12.7. The second-order valence-corrected chi connectivity index (χ2v) is 9.43. The lowest BCUT2D eigenvalue weighted by molar-refractivity contribution is -0.118. The fourth-order valence-corrected chi connectivity index (χ4v) is 5.00. The van der Waals surface area contributed by atoms with E-state index in [9.17, 15) is 9.59 Å². The molecule has 28 heavy (non-hydrogen) atoms. The van der Waals surface area contributed by atoms with E-state index >= 15 is 0 Å². The van der Waals surface area contributed by atoms with Gasteiger partial charge in [-0.25, -0.2) is 4.98 Å². The number of rotatable bonds is 7. The molecule has 2 N–H and O–H groups in total. The zero-order valence-corrected chi connectivity index (χ0v) is 18.0. The Kier molecular flexibility index (Phi) is 7.50. The summed E-state index contributed by atoms with van der Waals surface area (Å²) in [7, 11) is 0. The van der Waals surface area contributed by atoms with Crippen LogP contribution in [-0.2, 0) is 4.79 Å². The summed E-state index contributed by atoms with van der Waals surface area (Å²) in [5.41, 5.74) is 1.50. The van der Waals surface area contributed by atoms with E-state index in [1.165, 1.54) is 55.2 Å². The van der Waals surface area contributed by atoms with Crippen LogP contribution in [0.5, 0.6) is 0 Å². The SMILES string of the molecule is Cc1nc(NC(=O)c2ccccc2SCC(=O)NCC2CCCCC2)sc1C. The molecule has 1 aromatic carbocycles. The van der Waals surface area contributed by atoms with E-state index in [-0.39, 0.29) is 11.8 Å². The molecule has 1 aliphatic rings. The van der Waals surface area contributed by atoms with Crippen LogP contribution in [0, 0.1) is 19.8 Å². The molecule has 1 heterocycles. The Morgan fingerprint density at radius 2 is 1.93 bits per heavy atom. The largest absolute Gasteiger partial charge is 0.355 e. The summed E-state index contributed by atoms with van der Waals surface area (Å²) < 4.78 is 0. The van der Waals surface area contributed by atoms with Gasteiger partial charge in [-0.05, 0) is 44.7 Å². The van der Waals surface area contributed by atoms with Crippen molar-refractivity contribution in [2.45, 2.75) is 50.8 Å². The van der Waals surface area contributed by atoms with Crippen molar-refractivity contribution in [3.8, 4) is 0 Å². The Hall–Kier alpha value is -1.86. The van der Waals surface area contributed by atoms with Gasteiger partial charge in [-0.1, -0.05) is 31.4 Å². The number of amides is 2. The second kappa shape index (κ2) is 10.1. The number of anilines is 1. The molecule has 1 aromatic heterocycles. The molecule has 0 spiro atoms. The maximum Gasteiger partial charge on any atom is 0.258 e. The number of nitrogens with one attached hydrogen (secondary N) is 2. The number of carbonyl (C=O) groups is 2. The third kappa shape index (κ3) is 5.82. The molecule has 0 bridgehead atoms. The number of thioether (sulfide) groups is 1. The molecule has 0 aliphatic heterocycles. The van der Waals surface area contributed by atoms with Crippen LogP contribution in [0.4, 0.5) is 5.13 Å². The fraction of sp³-hybridized carbons (Fsp3) is 0.476. The van der Waals surface area contributed by atoms with Crippen molar-refractivity contribution in [1.29, 1.82) is 0 Å². The number of nitrogens with zero attached hydrogens (tertiary/aromatic N) is 1. The Balaban J connectivity index is 1.54. The minimum absolute atomic E-state index is 0.0250. The number of carbonyl (C=O) groups excluding carboxylic acids is 2. The standard InChI is InChI=1S/C21H27N3O2S2/c1-14-15(2)28-21(23-14)24-20(26)17-10-6-7-11-18(17)27-13-19(25)22-12-16-8-4-3-5-9-16/h6-7,10-11,16H,3-5,8-9,12-13H2,1-2H3,(H,22,25)(H,23,24,26). The summed E-state index contributed by atoms with van der Waals surface area (Å²) in [4.78, 5) is 31.2. The molecule has 0 radical (unpaired) electrons. The van der Waals surface area contributed by atoms with Crippen LogP contribution in [0.3, 0.4) is 0 Å². The number of aryl methyl sites for hydroxylation is 2. The van der Waals surface area contributed by atoms with Crippen LogP contribution in [-0.4, -0.2) is 29.1 Å². The number of hydrogen-bond donors (Lipinski definition) is 2. The first-order valence-electron chi connectivity index (χ1n) is 9.77. The van der Waals surface area contributed by atoms with Crippen molar-refractivity contribution in [2.24, 2.45) is 5.92 Å². The summed E-state index contributed by atoms with van der Waals surface area (Å²) in [5.74, 6) is 0.759. The molecule has 150 valence electrons. The van der Waals surface area contributed by atoms with Crippen molar-refractivity contribution in [3.05, 3.63) is 40.4 Å². The highest BCUT2D eigenvalue weighted by atomic mass is 32.2. The first-order chi connectivity index (χ1) is 13.5. The molecular weight excluding hydrogens is 390 g/mol. The summed E-state index contributed by atoms with van der Waals surface area (Å²) in [6, 6.07) is 7.38. The van der Waals surface area contributed by atoms with Crippen molar-refractivity contribution in [2.75, 3.05) is 17.6 Å². The Morgan fingerprint density at radius 1 is 1.18 bits per heavy atom. The first kappa shape index (κ1) is 20.9.